The van der Waals surface area contributed by atoms with Crippen LogP contribution in [0.4, 0.5) is 11.5 Å². The molecule has 0 saturated carbocycles. The summed E-state index contributed by atoms with van der Waals surface area (Å²) in [7, 11) is 1.75. The number of aromatic nitrogens is 2. The summed E-state index contributed by atoms with van der Waals surface area (Å²) < 4.78 is 7.33. The number of nitrogens with zero attached hydrogens (tertiary/aromatic N) is 5. The summed E-state index contributed by atoms with van der Waals surface area (Å²) in [4.78, 5) is 15.3. The van der Waals surface area contributed by atoms with E-state index in [1.54, 1.807) is 30.8 Å². The maximum absolute atomic E-state index is 11.4. The number of hydrogen-bond acceptors (Lipinski definition) is 6. The van der Waals surface area contributed by atoms with Crippen LogP contribution in [0.1, 0.15) is 5.69 Å². The van der Waals surface area contributed by atoms with Gasteiger partial charge in [0.1, 0.15) is 18.1 Å². The van der Waals surface area contributed by atoms with Gasteiger partial charge in [-0.2, -0.15) is 5.10 Å². The third-order valence-corrected chi connectivity index (χ3v) is 4.76. The van der Waals surface area contributed by atoms with Crippen molar-refractivity contribution in [3.8, 4) is 5.75 Å². The van der Waals surface area contributed by atoms with Gasteiger partial charge in [-0.3, -0.25) is 15.0 Å². The number of anilines is 1. The topological polar surface area (TPSA) is 76.7 Å². The van der Waals surface area contributed by atoms with E-state index in [9.17, 15) is 10.1 Å². The third-order valence-electron chi connectivity index (χ3n) is 4.51. The van der Waals surface area contributed by atoms with Gasteiger partial charge in [-0.15, -0.1) is 0 Å². The van der Waals surface area contributed by atoms with E-state index in [0.717, 1.165) is 38.5 Å². The summed E-state index contributed by atoms with van der Waals surface area (Å²) in [6.45, 7) is 6.17. The van der Waals surface area contributed by atoms with E-state index in [-0.39, 0.29) is 10.6 Å². The molecule has 1 saturated heterocycles. The molecule has 0 unspecified atom stereocenters. The smallest absolute Gasteiger partial charge is 0.333 e. The summed E-state index contributed by atoms with van der Waals surface area (Å²) in [6, 6.07) is 7.31. The van der Waals surface area contributed by atoms with Crippen LogP contribution < -0.4 is 9.64 Å². The lowest BCUT2D eigenvalue weighted by Crippen LogP contribution is -2.48. The number of rotatable bonds is 6. The van der Waals surface area contributed by atoms with Crippen LogP contribution in [0.15, 0.2) is 24.3 Å². The van der Waals surface area contributed by atoms with E-state index in [1.807, 2.05) is 17.0 Å². The molecule has 26 heavy (non-hydrogen) atoms. The van der Waals surface area contributed by atoms with Gasteiger partial charge in [0.2, 0.25) is 5.82 Å². The predicted octanol–water partition coefficient (Wildman–Crippen LogP) is 2.49. The van der Waals surface area contributed by atoms with Gasteiger partial charge in [0.15, 0.2) is 0 Å². The highest BCUT2D eigenvalue weighted by molar-refractivity contribution is 6.30. The molecule has 8 nitrogen and oxygen atoms in total. The molecular formula is C17H22ClN5O3. The lowest BCUT2D eigenvalue weighted by molar-refractivity contribution is -0.384. The van der Waals surface area contributed by atoms with Crippen molar-refractivity contribution in [1.82, 2.24) is 14.7 Å². The van der Waals surface area contributed by atoms with Gasteiger partial charge in [-0.1, -0.05) is 11.6 Å². The minimum absolute atomic E-state index is 0.104. The summed E-state index contributed by atoms with van der Waals surface area (Å²) in [5, 5.41) is 16.2. The molecule has 1 fully saturated rings. The summed E-state index contributed by atoms with van der Waals surface area (Å²) in [5.74, 6) is 1.39. The van der Waals surface area contributed by atoms with E-state index < -0.39 is 0 Å². The van der Waals surface area contributed by atoms with E-state index in [4.69, 9.17) is 16.3 Å². The first-order valence-electron chi connectivity index (χ1n) is 8.49. The highest BCUT2D eigenvalue weighted by Gasteiger charge is 2.30. The number of hydrogen-bond donors (Lipinski definition) is 0. The standard InChI is InChI=1S/C17H22ClN5O3/c1-13-16(23(24)25)17(20(2)19-13)22-9-7-21(8-10-22)11-12-26-15-5-3-14(18)4-6-15/h3-6H,7-12H2,1-2H3. The van der Waals surface area contributed by atoms with Crippen molar-refractivity contribution in [1.29, 1.82) is 0 Å². The summed E-state index contributed by atoms with van der Waals surface area (Å²) in [6.07, 6.45) is 0. The van der Waals surface area contributed by atoms with E-state index in [2.05, 4.69) is 10.00 Å². The van der Waals surface area contributed by atoms with Crippen LogP contribution in [-0.4, -0.2) is 58.9 Å². The highest BCUT2D eigenvalue weighted by Crippen LogP contribution is 2.31. The molecule has 0 bridgehead atoms. The minimum Gasteiger partial charge on any atom is -0.492 e. The quantitative estimate of drug-likeness (QED) is 0.567. The number of nitro groups is 1. The summed E-state index contributed by atoms with van der Waals surface area (Å²) >= 11 is 5.86. The number of benzene rings is 1. The van der Waals surface area contributed by atoms with Gasteiger partial charge in [-0.05, 0) is 31.2 Å². The second-order valence-electron chi connectivity index (χ2n) is 6.27. The van der Waals surface area contributed by atoms with Gasteiger partial charge < -0.3 is 9.64 Å². The molecule has 0 aliphatic carbocycles. The lowest BCUT2D eigenvalue weighted by Gasteiger charge is -2.35. The van der Waals surface area contributed by atoms with E-state index in [1.165, 1.54) is 0 Å². The van der Waals surface area contributed by atoms with Crippen molar-refractivity contribution < 1.29 is 9.66 Å². The number of aryl methyl sites for hydroxylation is 2. The fourth-order valence-corrected chi connectivity index (χ4v) is 3.34. The Balaban J connectivity index is 1.52. The maximum Gasteiger partial charge on any atom is 0.333 e. The second-order valence-corrected chi connectivity index (χ2v) is 6.71. The first-order valence-corrected chi connectivity index (χ1v) is 8.87. The molecule has 1 aromatic carbocycles. The molecule has 0 spiro atoms. The zero-order valence-electron chi connectivity index (χ0n) is 14.9. The number of ether oxygens (including phenoxy) is 1. The molecule has 1 aliphatic heterocycles. The van der Waals surface area contributed by atoms with Crippen molar-refractivity contribution in [2.75, 3.05) is 44.2 Å². The Bertz CT molecular complexity index is 769. The highest BCUT2D eigenvalue weighted by atomic mass is 35.5. The SMILES string of the molecule is Cc1nn(C)c(N2CCN(CCOc3ccc(Cl)cc3)CC2)c1[N+](=O)[O-]. The zero-order valence-corrected chi connectivity index (χ0v) is 15.6. The Labute approximate surface area is 157 Å². The Kier molecular flexibility index (Phi) is 5.63. The summed E-state index contributed by atoms with van der Waals surface area (Å²) in [5.41, 5.74) is 0.554. The first-order chi connectivity index (χ1) is 12.5. The Hall–Kier alpha value is -2.32. The largest absolute Gasteiger partial charge is 0.492 e. The molecular weight excluding hydrogens is 358 g/mol. The molecule has 2 aromatic rings. The molecule has 2 heterocycles. The minimum atomic E-state index is -0.343. The fourth-order valence-electron chi connectivity index (χ4n) is 3.21. The molecule has 1 aliphatic rings. The Morgan fingerprint density at radius 3 is 2.50 bits per heavy atom. The molecule has 0 atom stereocenters. The van der Waals surface area contributed by atoms with Crippen LogP contribution in [0.2, 0.25) is 5.02 Å². The van der Waals surface area contributed by atoms with Crippen LogP contribution >= 0.6 is 11.6 Å². The second kappa shape index (κ2) is 7.92. The van der Waals surface area contributed by atoms with E-state index in [0.29, 0.717) is 23.1 Å². The molecule has 0 N–H and O–H groups in total. The van der Waals surface area contributed by atoms with Crippen molar-refractivity contribution in [3.63, 3.8) is 0 Å². The first kappa shape index (κ1) is 18.5. The van der Waals surface area contributed by atoms with Crippen molar-refractivity contribution in [2.24, 2.45) is 7.05 Å². The average molecular weight is 380 g/mol. The lowest BCUT2D eigenvalue weighted by atomic mass is 10.3. The van der Waals surface area contributed by atoms with Crippen molar-refractivity contribution in [2.45, 2.75) is 6.92 Å². The Morgan fingerprint density at radius 2 is 1.88 bits per heavy atom. The van der Waals surface area contributed by atoms with Crippen LogP contribution in [0.5, 0.6) is 5.75 Å². The van der Waals surface area contributed by atoms with Crippen LogP contribution in [-0.2, 0) is 7.05 Å². The van der Waals surface area contributed by atoms with Crippen LogP contribution in [0.25, 0.3) is 0 Å². The average Bonchev–Trinajstić information content (AvgIpc) is 2.91. The normalized spacial score (nSPS) is 15.3. The zero-order chi connectivity index (χ0) is 18.7. The molecule has 3 rings (SSSR count). The molecule has 0 amide bonds. The van der Waals surface area contributed by atoms with Crippen molar-refractivity contribution >= 4 is 23.1 Å². The van der Waals surface area contributed by atoms with Gasteiger partial charge in [0, 0.05) is 44.8 Å². The molecule has 0 radical (unpaired) electrons. The van der Waals surface area contributed by atoms with Gasteiger partial charge in [-0.25, -0.2) is 4.68 Å². The fraction of sp³-hybridized carbons (Fsp3) is 0.471. The van der Waals surface area contributed by atoms with Gasteiger partial charge in [0.25, 0.3) is 0 Å². The van der Waals surface area contributed by atoms with Crippen molar-refractivity contribution in [3.05, 3.63) is 45.1 Å². The Morgan fingerprint density at radius 1 is 1.23 bits per heavy atom. The number of halogens is 1. The third kappa shape index (κ3) is 4.08. The van der Waals surface area contributed by atoms with Gasteiger partial charge >= 0.3 is 5.69 Å². The maximum atomic E-state index is 11.4. The molecule has 9 heteroatoms. The van der Waals surface area contributed by atoms with Crippen LogP contribution in [0, 0.1) is 17.0 Å². The van der Waals surface area contributed by atoms with Crippen LogP contribution in [0.3, 0.4) is 0 Å². The predicted molar refractivity (Wildman–Crippen MR) is 100 cm³/mol. The van der Waals surface area contributed by atoms with Gasteiger partial charge in [0.05, 0.1) is 4.92 Å². The number of piperazine rings is 1. The van der Waals surface area contributed by atoms with E-state index >= 15 is 0 Å². The monoisotopic (exact) mass is 379 g/mol. The molecule has 1 aromatic heterocycles. The molecule has 140 valence electrons.